The van der Waals surface area contributed by atoms with E-state index in [-0.39, 0.29) is 11.1 Å². The van der Waals surface area contributed by atoms with Gasteiger partial charge >= 0.3 is 0 Å². The Morgan fingerprint density at radius 2 is 1.72 bits per heavy atom. The topological polar surface area (TPSA) is 92.6 Å². The number of pyridine rings is 1. The molecule has 0 saturated carbocycles. The van der Waals surface area contributed by atoms with Crippen LogP contribution in [0.1, 0.15) is 26.3 Å². The minimum Gasteiger partial charge on any atom is -0.268 e. The lowest BCUT2D eigenvalue weighted by Crippen LogP contribution is -2.43. The molecule has 0 aliphatic rings. The Kier molecular flexibility index (Phi) is 4.25. The second-order valence-electron chi connectivity index (χ2n) is 5.33. The third-order valence-electron chi connectivity index (χ3n) is 3.49. The molecule has 2 amide bonds. The number of hydrogen-bond acceptors (Lipinski definition) is 4. The highest BCUT2D eigenvalue weighted by atomic mass is 19.1. The highest BCUT2D eigenvalue weighted by molar-refractivity contribution is 5.98. The normalized spacial score (nSPS) is 10.5. The van der Waals surface area contributed by atoms with Gasteiger partial charge in [0.2, 0.25) is 0 Å². The van der Waals surface area contributed by atoms with Crippen LogP contribution in [0.2, 0.25) is 0 Å². The maximum Gasteiger partial charge on any atom is 0.276 e. The van der Waals surface area contributed by atoms with Crippen LogP contribution in [0, 0.1) is 12.7 Å². The zero-order valence-electron chi connectivity index (χ0n) is 13.1. The van der Waals surface area contributed by atoms with Crippen molar-refractivity contribution in [1.82, 2.24) is 20.2 Å². The average Bonchev–Trinajstić information content (AvgIpc) is 2.61. The first-order valence-electron chi connectivity index (χ1n) is 7.30. The first kappa shape index (κ1) is 16.3. The molecule has 7 nitrogen and oxygen atoms in total. The maximum absolute atomic E-state index is 12.8. The number of hydrogen-bond donors (Lipinski definition) is 2. The van der Waals surface area contributed by atoms with Crippen molar-refractivity contribution in [2.24, 2.45) is 0 Å². The lowest BCUT2D eigenvalue weighted by Gasteiger charge is -2.08. The molecule has 25 heavy (non-hydrogen) atoms. The zero-order valence-corrected chi connectivity index (χ0v) is 13.1. The van der Waals surface area contributed by atoms with Crippen LogP contribution >= 0.6 is 0 Å². The van der Waals surface area contributed by atoms with E-state index in [1.165, 1.54) is 16.5 Å². The minimum absolute atomic E-state index is 0.158. The molecule has 2 aromatic heterocycles. The van der Waals surface area contributed by atoms with Gasteiger partial charge in [0, 0.05) is 18.0 Å². The molecule has 0 unspecified atom stereocenters. The van der Waals surface area contributed by atoms with Crippen molar-refractivity contribution in [3.05, 3.63) is 81.7 Å². The zero-order chi connectivity index (χ0) is 18.0. The van der Waals surface area contributed by atoms with Crippen LogP contribution < -0.4 is 16.4 Å². The van der Waals surface area contributed by atoms with Gasteiger partial charge in [-0.05, 0) is 42.8 Å². The average molecular weight is 340 g/mol. The van der Waals surface area contributed by atoms with E-state index in [0.29, 0.717) is 5.65 Å². The van der Waals surface area contributed by atoms with Crippen molar-refractivity contribution < 1.29 is 14.0 Å². The quantitative estimate of drug-likeness (QED) is 0.686. The van der Waals surface area contributed by atoms with Crippen molar-refractivity contribution >= 4 is 17.5 Å². The minimum atomic E-state index is -0.802. The number of rotatable bonds is 2. The van der Waals surface area contributed by atoms with E-state index in [1.54, 1.807) is 18.3 Å². The summed E-state index contributed by atoms with van der Waals surface area (Å²) in [6.45, 7) is 1.81. The largest absolute Gasteiger partial charge is 0.276 e. The monoisotopic (exact) mass is 340 g/mol. The van der Waals surface area contributed by atoms with E-state index in [1.807, 2.05) is 6.92 Å². The van der Waals surface area contributed by atoms with Crippen LogP contribution in [-0.2, 0) is 0 Å². The van der Waals surface area contributed by atoms with E-state index in [4.69, 9.17) is 0 Å². The highest BCUT2D eigenvalue weighted by Gasteiger charge is 2.14. The molecule has 0 saturated heterocycles. The molecular weight excluding hydrogens is 327 g/mol. The van der Waals surface area contributed by atoms with Crippen molar-refractivity contribution in [2.75, 3.05) is 0 Å². The first-order chi connectivity index (χ1) is 12.0. The molecule has 0 spiro atoms. The first-order valence-corrected chi connectivity index (χ1v) is 7.30. The van der Waals surface area contributed by atoms with E-state index < -0.39 is 23.2 Å². The Morgan fingerprint density at radius 3 is 2.44 bits per heavy atom. The van der Waals surface area contributed by atoms with Gasteiger partial charge in [0.1, 0.15) is 17.0 Å². The van der Waals surface area contributed by atoms with Gasteiger partial charge in [0.05, 0.1) is 0 Å². The van der Waals surface area contributed by atoms with E-state index in [0.717, 1.165) is 23.9 Å². The number of fused-ring (bicyclic) bond motifs is 1. The molecule has 2 N–H and O–H groups in total. The van der Waals surface area contributed by atoms with Crippen molar-refractivity contribution in [3.8, 4) is 0 Å². The molecule has 3 rings (SSSR count). The Hall–Kier alpha value is -3.55. The summed E-state index contributed by atoms with van der Waals surface area (Å²) < 4.78 is 14.1. The summed E-state index contributed by atoms with van der Waals surface area (Å²) in [5.74, 6) is -1.92. The fraction of sp³-hybridized carbons (Fsp3) is 0.0588. The van der Waals surface area contributed by atoms with E-state index in [9.17, 15) is 18.8 Å². The van der Waals surface area contributed by atoms with Gasteiger partial charge in [-0.1, -0.05) is 6.07 Å². The smallest absolute Gasteiger partial charge is 0.268 e. The van der Waals surface area contributed by atoms with Crippen LogP contribution in [0.4, 0.5) is 4.39 Å². The molecule has 1 aromatic carbocycles. The van der Waals surface area contributed by atoms with Gasteiger partial charge in [0.15, 0.2) is 0 Å². The molecule has 8 heteroatoms. The fourth-order valence-corrected chi connectivity index (χ4v) is 2.19. The van der Waals surface area contributed by atoms with Crippen LogP contribution in [0.25, 0.3) is 5.65 Å². The molecule has 0 fully saturated rings. The predicted molar refractivity (Wildman–Crippen MR) is 87.5 cm³/mol. The van der Waals surface area contributed by atoms with Gasteiger partial charge in [0.25, 0.3) is 17.4 Å². The van der Waals surface area contributed by atoms with E-state index in [2.05, 4.69) is 15.8 Å². The van der Waals surface area contributed by atoms with Crippen LogP contribution in [0.15, 0.2) is 53.6 Å². The number of benzene rings is 1. The Morgan fingerprint density at radius 1 is 1.04 bits per heavy atom. The Balaban J connectivity index is 1.78. The number of amides is 2. The van der Waals surface area contributed by atoms with Crippen molar-refractivity contribution in [3.63, 3.8) is 0 Å². The van der Waals surface area contributed by atoms with Crippen molar-refractivity contribution in [2.45, 2.75) is 6.92 Å². The van der Waals surface area contributed by atoms with Crippen LogP contribution in [0.3, 0.4) is 0 Å². The Bertz CT molecular complexity index is 1030. The SMILES string of the molecule is Cc1ccc2ncc(C(=O)NNC(=O)c3ccc(F)cc3)c(=O)n2c1. The molecule has 0 radical (unpaired) electrons. The fourth-order valence-electron chi connectivity index (χ4n) is 2.19. The number of halogens is 1. The predicted octanol–water partition coefficient (Wildman–Crippen LogP) is 1.22. The molecule has 0 bridgehead atoms. The lowest BCUT2D eigenvalue weighted by atomic mass is 10.2. The summed E-state index contributed by atoms with van der Waals surface area (Å²) in [5, 5.41) is 0. The summed E-state index contributed by atoms with van der Waals surface area (Å²) in [6, 6.07) is 8.24. The lowest BCUT2D eigenvalue weighted by molar-refractivity contribution is 0.0845. The van der Waals surface area contributed by atoms with E-state index >= 15 is 0 Å². The summed E-state index contributed by atoms with van der Waals surface area (Å²) in [7, 11) is 0. The summed E-state index contributed by atoms with van der Waals surface area (Å²) >= 11 is 0. The van der Waals surface area contributed by atoms with Gasteiger partial charge in [-0.3, -0.25) is 29.6 Å². The number of hydrazine groups is 1. The number of aromatic nitrogens is 2. The summed E-state index contributed by atoms with van der Waals surface area (Å²) in [6.07, 6.45) is 2.71. The highest BCUT2D eigenvalue weighted by Crippen LogP contribution is 2.03. The number of aryl methyl sites for hydroxylation is 1. The number of nitrogens with one attached hydrogen (secondary N) is 2. The van der Waals surface area contributed by atoms with Gasteiger partial charge in [-0.15, -0.1) is 0 Å². The molecule has 0 atom stereocenters. The molecule has 0 aliphatic heterocycles. The second-order valence-corrected chi connectivity index (χ2v) is 5.33. The maximum atomic E-state index is 12.8. The van der Waals surface area contributed by atoms with Gasteiger partial charge < -0.3 is 0 Å². The third kappa shape index (κ3) is 3.37. The van der Waals surface area contributed by atoms with Crippen molar-refractivity contribution in [1.29, 1.82) is 0 Å². The molecule has 2 heterocycles. The molecule has 0 aliphatic carbocycles. The van der Waals surface area contributed by atoms with Gasteiger partial charge in [-0.25, -0.2) is 9.37 Å². The standard InChI is InChI=1S/C17H13FN4O3/c1-10-2-7-14-19-8-13(17(25)22(14)9-10)16(24)21-20-15(23)11-3-5-12(18)6-4-11/h2-9H,1H3,(H,20,23)(H,21,24). The number of carbonyl (C=O) groups excluding carboxylic acids is 2. The summed E-state index contributed by atoms with van der Waals surface area (Å²) in [4.78, 5) is 40.5. The van der Waals surface area contributed by atoms with Gasteiger partial charge in [-0.2, -0.15) is 0 Å². The van der Waals surface area contributed by atoms with Crippen LogP contribution in [0.5, 0.6) is 0 Å². The molecular formula is C17H13FN4O3. The molecule has 3 aromatic rings. The molecule has 126 valence electrons. The number of nitrogens with zero attached hydrogens (tertiary/aromatic N) is 2. The van der Waals surface area contributed by atoms with Crippen LogP contribution in [-0.4, -0.2) is 21.2 Å². The third-order valence-corrected chi connectivity index (χ3v) is 3.49. The number of carbonyl (C=O) groups is 2. The Labute approximate surface area is 141 Å². The summed E-state index contributed by atoms with van der Waals surface area (Å²) in [5.41, 5.74) is 4.93. The second kappa shape index (κ2) is 6.52.